The summed E-state index contributed by atoms with van der Waals surface area (Å²) in [5, 5.41) is 31.0. The van der Waals surface area contributed by atoms with Gasteiger partial charge in [0.2, 0.25) is 33.6 Å². The summed E-state index contributed by atoms with van der Waals surface area (Å²) in [4.78, 5) is 165. The van der Waals surface area contributed by atoms with Crippen LogP contribution >= 0.6 is 0 Å². The molecule has 0 aromatic heterocycles. The summed E-state index contributed by atoms with van der Waals surface area (Å²) in [5.41, 5.74) is -8.21. The van der Waals surface area contributed by atoms with Crippen molar-refractivity contribution in [2.24, 2.45) is 16.2 Å². The van der Waals surface area contributed by atoms with E-state index in [1.165, 1.54) is 0 Å². The van der Waals surface area contributed by atoms with Gasteiger partial charge in [0.25, 0.3) is 0 Å². The third-order valence-corrected chi connectivity index (χ3v) is 6.33. The number of rotatable bonds is 15. The molecule has 0 N–H and O–H groups in total. The molecule has 0 saturated heterocycles. The van der Waals surface area contributed by atoms with E-state index < -0.39 is 104 Å². The molecule has 46 heavy (non-hydrogen) atoms. The summed E-state index contributed by atoms with van der Waals surface area (Å²) in [6.45, 7) is 7.28. The first-order valence-electron chi connectivity index (χ1n) is 11.9. The average molecular weight is 666 g/mol. The van der Waals surface area contributed by atoms with Gasteiger partial charge in [-0.2, -0.15) is 0 Å². The Morgan fingerprint density at radius 3 is 0.391 bits per heavy atom. The molecular formula is C27H27AlO18. The van der Waals surface area contributed by atoms with E-state index in [-0.39, 0.29) is 17.4 Å². The second kappa shape index (κ2) is 18.1. The number of hydrogen-bond donors (Lipinski definition) is 0. The molecule has 0 heterocycles. The van der Waals surface area contributed by atoms with Gasteiger partial charge in [-0.05, 0) is 62.3 Å². The standard InChI is InChI=1S/3C9H10O6.Al/c3*1-4(10)9(5(2)11,6(3)12)7(13)8(14)15;/h3*1-3H3,(H,14,15);/q;;;+3/p-3. The van der Waals surface area contributed by atoms with Crippen LogP contribution in [0.15, 0.2) is 0 Å². The van der Waals surface area contributed by atoms with E-state index in [0.29, 0.717) is 0 Å². The van der Waals surface area contributed by atoms with Gasteiger partial charge in [0.05, 0.1) is 0 Å². The van der Waals surface area contributed by atoms with Crippen LogP contribution in [-0.2, 0) is 71.9 Å². The number of carbonyl (C=O) groups is 15. The van der Waals surface area contributed by atoms with Gasteiger partial charge in [-0.1, -0.05) is 0 Å². The minimum absolute atomic E-state index is 0. The molecule has 0 atom stereocenters. The topological polar surface area (TPSA) is 325 Å². The number of carboxylic acid groups (broad SMARTS) is 3. The molecule has 0 aromatic rings. The number of carbonyl (C=O) groups excluding carboxylic acids is 15. The van der Waals surface area contributed by atoms with Gasteiger partial charge in [0, 0.05) is 0 Å². The second-order valence-electron chi connectivity index (χ2n) is 9.11. The molecule has 0 spiro atoms. The van der Waals surface area contributed by atoms with E-state index in [0.717, 1.165) is 62.3 Å². The SMILES string of the molecule is CC(=O)C(C(C)=O)(C(C)=O)C(=O)C(=O)[O-].CC(=O)C(C(C)=O)(C(C)=O)C(=O)C(=O)[O-].CC(=O)C(C(C)=O)(C(C)=O)C(=O)C(=O)[O-].[Al+3]. The Bertz CT molecular complexity index is 1160. The van der Waals surface area contributed by atoms with Gasteiger partial charge < -0.3 is 29.7 Å². The van der Waals surface area contributed by atoms with Gasteiger partial charge in [-0.25, -0.2) is 0 Å². The van der Waals surface area contributed by atoms with Gasteiger partial charge in [0.1, 0.15) is 17.9 Å². The summed E-state index contributed by atoms with van der Waals surface area (Å²) >= 11 is 0. The zero-order valence-electron chi connectivity index (χ0n) is 25.9. The number of ketones is 12. The molecule has 0 aliphatic heterocycles. The minimum Gasteiger partial charge on any atom is -0.542 e. The monoisotopic (exact) mass is 666 g/mol. The smallest absolute Gasteiger partial charge is 0.542 e. The van der Waals surface area contributed by atoms with Gasteiger partial charge >= 0.3 is 17.4 Å². The fourth-order valence-corrected chi connectivity index (χ4v) is 4.13. The third kappa shape index (κ3) is 9.02. The van der Waals surface area contributed by atoms with Crippen LogP contribution < -0.4 is 15.3 Å². The maximum absolute atomic E-state index is 11.2. The van der Waals surface area contributed by atoms with Crippen molar-refractivity contribution < 1.29 is 87.2 Å². The molecule has 0 unspecified atom stereocenters. The normalized spacial score (nSPS) is 10.4. The first kappa shape index (κ1) is 47.9. The number of Topliss-reactive ketones (excluding diaryl/α,β-unsaturated/α-hetero) is 12. The molecule has 0 aliphatic carbocycles. The molecule has 0 bridgehead atoms. The first-order valence-corrected chi connectivity index (χ1v) is 11.9. The molecule has 0 radical (unpaired) electrons. The van der Waals surface area contributed by atoms with Crippen molar-refractivity contribution in [3.63, 3.8) is 0 Å². The van der Waals surface area contributed by atoms with Gasteiger partial charge in [-0.15, -0.1) is 0 Å². The Labute approximate surface area is 270 Å². The predicted octanol–water partition coefficient (Wildman–Crippen LogP) is -6.20. The molecule has 0 rings (SSSR count). The zero-order valence-corrected chi connectivity index (χ0v) is 27.1. The predicted molar refractivity (Wildman–Crippen MR) is 139 cm³/mol. The zero-order chi connectivity index (χ0) is 37.2. The molecule has 0 aliphatic rings. The summed E-state index contributed by atoms with van der Waals surface area (Å²) in [6.07, 6.45) is 0. The summed E-state index contributed by atoms with van der Waals surface area (Å²) in [5.74, 6) is -22.1. The molecule has 246 valence electrons. The molecule has 19 heteroatoms. The van der Waals surface area contributed by atoms with Crippen LogP contribution in [0.2, 0.25) is 0 Å². The second-order valence-corrected chi connectivity index (χ2v) is 9.11. The Morgan fingerprint density at radius 1 is 0.283 bits per heavy atom. The van der Waals surface area contributed by atoms with E-state index >= 15 is 0 Å². The van der Waals surface area contributed by atoms with Gasteiger partial charge in [0.15, 0.2) is 52.0 Å². The largest absolute Gasteiger partial charge is 3.00 e. The van der Waals surface area contributed by atoms with E-state index in [1.807, 2.05) is 0 Å². The Hall–Kier alpha value is -5.02. The van der Waals surface area contributed by atoms with E-state index in [2.05, 4.69) is 0 Å². The molecule has 0 saturated carbocycles. The number of hydrogen-bond acceptors (Lipinski definition) is 18. The van der Waals surface area contributed by atoms with Crippen molar-refractivity contribution in [2.75, 3.05) is 0 Å². The van der Waals surface area contributed by atoms with Crippen molar-refractivity contribution in [1.82, 2.24) is 0 Å². The molecule has 0 fully saturated rings. The third-order valence-electron chi connectivity index (χ3n) is 6.33. The summed E-state index contributed by atoms with van der Waals surface area (Å²) in [6, 6.07) is 0. The Balaban J connectivity index is -0.000000285. The van der Waals surface area contributed by atoms with Crippen LogP contribution in [0.1, 0.15) is 62.3 Å². The maximum Gasteiger partial charge on any atom is 3.00 e. The van der Waals surface area contributed by atoms with Crippen LogP contribution in [0.4, 0.5) is 0 Å². The summed E-state index contributed by atoms with van der Waals surface area (Å²) < 4.78 is 0. The van der Waals surface area contributed by atoms with E-state index in [4.69, 9.17) is 0 Å². The Morgan fingerprint density at radius 2 is 0.370 bits per heavy atom. The quantitative estimate of drug-likeness (QED) is 0.0891. The van der Waals surface area contributed by atoms with Crippen molar-refractivity contribution >= 4 is 105 Å². The maximum atomic E-state index is 11.2. The van der Waals surface area contributed by atoms with Gasteiger partial charge in [-0.3, -0.25) is 57.5 Å². The minimum atomic E-state index is -2.74. The molecule has 18 nitrogen and oxygen atoms in total. The van der Waals surface area contributed by atoms with Crippen LogP contribution in [-0.4, -0.2) is 105 Å². The van der Waals surface area contributed by atoms with E-state index in [9.17, 15) is 87.2 Å². The van der Waals surface area contributed by atoms with E-state index in [1.54, 1.807) is 0 Å². The van der Waals surface area contributed by atoms with Crippen molar-refractivity contribution in [3.05, 3.63) is 0 Å². The average Bonchev–Trinajstić information content (AvgIpc) is 2.83. The molecular weight excluding hydrogens is 639 g/mol. The molecule has 0 amide bonds. The van der Waals surface area contributed by atoms with Crippen LogP contribution in [0.25, 0.3) is 0 Å². The van der Waals surface area contributed by atoms with Crippen LogP contribution in [0.5, 0.6) is 0 Å². The fraction of sp³-hybridized carbons (Fsp3) is 0.444. The first-order chi connectivity index (χ1) is 20.1. The number of carboxylic acids is 3. The number of aliphatic carboxylic acids is 3. The summed E-state index contributed by atoms with van der Waals surface area (Å²) in [7, 11) is 0. The van der Waals surface area contributed by atoms with Crippen molar-refractivity contribution in [1.29, 1.82) is 0 Å². The fourth-order valence-electron chi connectivity index (χ4n) is 4.13. The van der Waals surface area contributed by atoms with Crippen molar-refractivity contribution in [3.8, 4) is 0 Å². The molecule has 0 aromatic carbocycles. The Kier molecular flexibility index (Phi) is 18.8. The van der Waals surface area contributed by atoms with Crippen LogP contribution in [0, 0.1) is 16.2 Å². The van der Waals surface area contributed by atoms with Crippen LogP contribution in [0.3, 0.4) is 0 Å². The van der Waals surface area contributed by atoms with Crippen molar-refractivity contribution in [2.45, 2.75) is 62.3 Å².